The van der Waals surface area contributed by atoms with Crippen LogP contribution in [0.5, 0.6) is 5.75 Å². The summed E-state index contributed by atoms with van der Waals surface area (Å²) in [7, 11) is 1.64. The Morgan fingerprint density at radius 3 is 2.45 bits per heavy atom. The van der Waals surface area contributed by atoms with E-state index in [9.17, 15) is 4.79 Å². The maximum absolute atomic E-state index is 12.3. The highest BCUT2D eigenvalue weighted by molar-refractivity contribution is 5.60. The monoisotopic (exact) mass is 299 g/mol. The van der Waals surface area contributed by atoms with Gasteiger partial charge in [0.1, 0.15) is 5.75 Å². The summed E-state index contributed by atoms with van der Waals surface area (Å²) in [6, 6.07) is 11.6. The van der Waals surface area contributed by atoms with Crippen LogP contribution in [0, 0.1) is 0 Å². The Labute approximate surface area is 129 Å². The lowest BCUT2D eigenvalue weighted by atomic mass is 10.1. The lowest BCUT2D eigenvalue weighted by Gasteiger charge is -2.26. The van der Waals surface area contributed by atoms with E-state index in [-0.39, 0.29) is 5.56 Å². The minimum atomic E-state index is -0.00755. The van der Waals surface area contributed by atoms with Gasteiger partial charge < -0.3 is 15.0 Å². The van der Waals surface area contributed by atoms with Gasteiger partial charge >= 0.3 is 0 Å². The molecule has 2 heterocycles. The first-order valence-electron chi connectivity index (χ1n) is 7.56. The molecule has 1 aliphatic heterocycles. The molecule has 0 radical (unpaired) electrons. The van der Waals surface area contributed by atoms with Crippen LogP contribution in [-0.4, -0.2) is 43.2 Å². The van der Waals surface area contributed by atoms with Gasteiger partial charge in [0.05, 0.1) is 7.11 Å². The molecule has 1 aromatic heterocycles. The van der Waals surface area contributed by atoms with Gasteiger partial charge in [0, 0.05) is 44.0 Å². The molecule has 5 nitrogen and oxygen atoms in total. The summed E-state index contributed by atoms with van der Waals surface area (Å²) in [5.41, 5.74) is 2.62. The fourth-order valence-corrected chi connectivity index (χ4v) is 2.68. The van der Waals surface area contributed by atoms with Gasteiger partial charge in [0.15, 0.2) is 0 Å². The number of methoxy groups -OCH3 is 1. The summed E-state index contributed by atoms with van der Waals surface area (Å²) in [5.74, 6) is 0.807. The van der Waals surface area contributed by atoms with Gasteiger partial charge in [-0.15, -0.1) is 0 Å². The van der Waals surface area contributed by atoms with Crippen molar-refractivity contribution < 1.29 is 4.74 Å². The zero-order valence-electron chi connectivity index (χ0n) is 12.8. The van der Waals surface area contributed by atoms with Crippen molar-refractivity contribution in [1.29, 1.82) is 0 Å². The zero-order valence-corrected chi connectivity index (χ0v) is 12.8. The number of pyridine rings is 1. The molecule has 1 aliphatic rings. The number of aromatic nitrogens is 1. The van der Waals surface area contributed by atoms with Crippen molar-refractivity contribution in [3.63, 3.8) is 0 Å². The van der Waals surface area contributed by atoms with Crippen LogP contribution < -0.4 is 15.6 Å². The number of piperazine rings is 1. The normalized spacial score (nSPS) is 15.7. The van der Waals surface area contributed by atoms with Crippen LogP contribution in [0.1, 0.15) is 5.56 Å². The molecule has 0 amide bonds. The van der Waals surface area contributed by atoms with E-state index in [1.165, 1.54) is 0 Å². The number of benzene rings is 1. The molecule has 1 saturated heterocycles. The van der Waals surface area contributed by atoms with Crippen molar-refractivity contribution in [3.8, 4) is 17.0 Å². The van der Waals surface area contributed by atoms with Crippen molar-refractivity contribution >= 4 is 0 Å². The van der Waals surface area contributed by atoms with Crippen LogP contribution >= 0.6 is 0 Å². The third kappa shape index (κ3) is 3.37. The molecule has 0 spiro atoms. The van der Waals surface area contributed by atoms with E-state index in [0.29, 0.717) is 6.54 Å². The molecular formula is C17H21N3O2. The maximum atomic E-state index is 12.3. The molecule has 1 aromatic carbocycles. The number of nitrogens with zero attached hydrogens (tertiary/aromatic N) is 1. The molecule has 0 unspecified atom stereocenters. The van der Waals surface area contributed by atoms with E-state index in [4.69, 9.17) is 4.74 Å². The summed E-state index contributed by atoms with van der Waals surface area (Å²) >= 11 is 0. The van der Waals surface area contributed by atoms with Crippen molar-refractivity contribution in [2.45, 2.75) is 6.54 Å². The van der Waals surface area contributed by atoms with Crippen LogP contribution in [0.2, 0.25) is 0 Å². The fraction of sp³-hybridized carbons (Fsp3) is 0.353. The predicted octanol–water partition coefficient (Wildman–Crippen LogP) is 1.46. The Bertz CT molecular complexity index is 673. The van der Waals surface area contributed by atoms with Gasteiger partial charge in [-0.05, 0) is 35.9 Å². The molecule has 3 rings (SSSR count). The second-order valence-corrected chi connectivity index (χ2v) is 5.48. The van der Waals surface area contributed by atoms with E-state index in [1.54, 1.807) is 7.11 Å². The molecule has 0 aliphatic carbocycles. The highest BCUT2D eigenvalue weighted by Gasteiger charge is 2.12. The number of rotatable bonds is 4. The van der Waals surface area contributed by atoms with Gasteiger partial charge in [0.2, 0.25) is 0 Å². The molecule has 0 saturated carbocycles. The van der Waals surface area contributed by atoms with Gasteiger partial charge in [-0.3, -0.25) is 9.69 Å². The lowest BCUT2D eigenvalue weighted by Crippen LogP contribution is -2.43. The molecule has 116 valence electrons. The number of nitrogens with one attached hydrogen (secondary N) is 2. The minimum Gasteiger partial charge on any atom is -0.497 e. The average molecular weight is 299 g/mol. The molecule has 0 bridgehead atoms. The standard InChI is InChI=1S/C17H21N3O2/c1-22-15-5-2-13(3-6-15)16-7-4-14(17(21)19-16)12-20-10-8-18-9-11-20/h2-7,18H,8-12H2,1H3,(H,19,21). The Kier molecular flexibility index (Phi) is 4.56. The zero-order chi connectivity index (χ0) is 15.4. The van der Waals surface area contributed by atoms with E-state index >= 15 is 0 Å². The third-order valence-electron chi connectivity index (χ3n) is 4.00. The SMILES string of the molecule is COc1ccc(-c2ccc(CN3CCNCC3)c(=O)[nH]2)cc1. The minimum absolute atomic E-state index is 0.00755. The number of ether oxygens (including phenoxy) is 1. The van der Waals surface area contributed by atoms with Crippen LogP contribution in [-0.2, 0) is 6.54 Å². The second kappa shape index (κ2) is 6.77. The van der Waals surface area contributed by atoms with E-state index in [2.05, 4.69) is 15.2 Å². The van der Waals surface area contributed by atoms with Gasteiger partial charge in [-0.2, -0.15) is 0 Å². The average Bonchev–Trinajstić information content (AvgIpc) is 2.58. The van der Waals surface area contributed by atoms with Crippen molar-refractivity contribution in [3.05, 3.63) is 52.3 Å². The quantitative estimate of drug-likeness (QED) is 0.897. The van der Waals surface area contributed by atoms with Crippen LogP contribution in [0.4, 0.5) is 0 Å². The number of hydrogen-bond donors (Lipinski definition) is 2. The number of H-pyrrole nitrogens is 1. The number of hydrogen-bond acceptors (Lipinski definition) is 4. The van der Waals surface area contributed by atoms with E-state index in [1.807, 2.05) is 36.4 Å². The highest BCUT2D eigenvalue weighted by atomic mass is 16.5. The number of aromatic amines is 1. The fourth-order valence-electron chi connectivity index (χ4n) is 2.68. The van der Waals surface area contributed by atoms with Crippen LogP contribution in [0.3, 0.4) is 0 Å². The van der Waals surface area contributed by atoms with E-state index in [0.717, 1.165) is 48.7 Å². The van der Waals surface area contributed by atoms with Crippen molar-refractivity contribution in [1.82, 2.24) is 15.2 Å². The molecule has 1 fully saturated rings. The largest absolute Gasteiger partial charge is 0.497 e. The predicted molar refractivity (Wildman–Crippen MR) is 87.2 cm³/mol. The Hall–Kier alpha value is -2.11. The van der Waals surface area contributed by atoms with E-state index < -0.39 is 0 Å². The first kappa shape index (κ1) is 14.8. The molecule has 22 heavy (non-hydrogen) atoms. The van der Waals surface area contributed by atoms with Crippen LogP contribution in [0.15, 0.2) is 41.2 Å². The van der Waals surface area contributed by atoms with Gasteiger partial charge in [0.25, 0.3) is 5.56 Å². The topological polar surface area (TPSA) is 57.4 Å². The summed E-state index contributed by atoms with van der Waals surface area (Å²) in [6.45, 7) is 4.66. The molecule has 2 aromatic rings. The summed E-state index contributed by atoms with van der Waals surface area (Å²) < 4.78 is 5.15. The van der Waals surface area contributed by atoms with Crippen molar-refractivity contribution in [2.24, 2.45) is 0 Å². The lowest BCUT2D eigenvalue weighted by molar-refractivity contribution is 0.232. The smallest absolute Gasteiger partial charge is 0.252 e. The maximum Gasteiger partial charge on any atom is 0.252 e. The second-order valence-electron chi connectivity index (χ2n) is 5.48. The van der Waals surface area contributed by atoms with Gasteiger partial charge in [-0.1, -0.05) is 6.07 Å². The molecule has 2 N–H and O–H groups in total. The Balaban J connectivity index is 1.77. The third-order valence-corrected chi connectivity index (χ3v) is 4.00. The first-order valence-corrected chi connectivity index (χ1v) is 7.56. The summed E-state index contributed by atoms with van der Waals surface area (Å²) in [6.07, 6.45) is 0. The molecular weight excluding hydrogens is 278 g/mol. The highest BCUT2D eigenvalue weighted by Crippen LogP contribution is 2.19. The Morgan fingerprint density at radius 1 is 1.09 bits per heavy atom. The Morgan fingerprint density at radius 2 is 1.82 bits per heavy atom. The summed E-state index contributed by atoms with van der Waals surface area (Å²) in [4.78, 5) is 17.6. The van der Waals surface area contributed by atoms with Crippen LogP contribution in [0.25, 0.3) is 11.3 Å². The van der Waals surface area contributed by atoms with Crippen molar-refractivity contribution in [2.75, 3.05) is 33.3 Å². The molecule has 0 atom stereocenters. The molecule has 5 heteroatoms. The van der Waals surface area contributed by atoms with Gasteiger partial charge in [-0.25, -0.2) is 0 Å². The first-order chi connectivity index (χ1) is 10.8. The summed E-state index contributed by atoms with van der Waals surface area (Å²) in [5, 5.41) is 3.32.